The minimum atomic E-state index is -0.704. The van der Waals surface area contributed by atoms with E-state index in [9.17, 15) is 4.79 Å². The van der Waals surface area contributed by atoms with Gasteiger partial charge in [-0.1, -0.05) is 25.5 Å². The molecular formula is C10H18O2. The smallest absolute Gasteiger partial charge is 0.303 e. The van der Waals surface area contributed by atoms with Crippen molar-refractivity contribution in [3.05, 3.63) is 11.6 Å². The van der Waals surface area contributed by atoms with Gasteiger partial charge in [0.2, 0.25) is 0 Å². The van der Waals surface area contributed by atoms with Gasteiger partial charge in [-0.05, 0) is 25.7 Å². The molecule has 0 heterocycles. The van der Waals surface area contributed by atoms with Crippen LogP contribution in [0.3, 0.4) is 0 Å². The summed E-state index contributed by atoms with van der Waals surface area (Å²) in [5, 5.41) is 8.49. The normalized spacial score (nSPS) is 14.4. The van der Waals surface area contributed by atoms with E-state index in [4.69, 9.17) is 5.11 Å². The minimum absolute atomic E-state index is 0.254. The molecule has 1 atom stereocenters. The van der Waals surface area contributed by atoms with E-state index in [-0.39, 0.29) is 12.3 Å². The van der Waals surface area contributed by atoms with Gasteiger partial charge in [0.15, 0.2) is 0 Å². The quantitative estimate of drug-likeness (QED) is 0.644. The van der Waals surface area contributed by atoms with E-state index >= 15 is 0 Å². The van der Waals surface area contributed by atoms with Gasteiger partial charge in [0, 0.05) is 6.42 Å². The van der Waals surface area contributed by atoms with E-state index in [0.29, 0.717) is 0 Å². The largest absolute Gasteiger partial charge is 0.481 e. The van der Waals surface area contributed by atoms with Gasteiger partial charge < -0.3 is 5.11 Å². The Balaban J connectivity index is 3.70. The monoisotopic (exact) mass is 170 g/mol. The Morgan fingerprint density at radius 3 is 2.58 bits per heavy atom. The van der Waals surface area contributed by atoms with Crippen molar-refractivity contribution in [2.45, 2.75) is 40.0 Å². The van der Waals surface area contributed by atoms with Crippen LogP contribution >= 0.6 is 0 Å². The van der Waals surface area contributed by atoms with Crippen LogP contribution in [0.4, 0.5) is 0 Å². The van der Waals surface area contributed by atoms with Crippen molar-refractivity contribution >= 4 is 5.97 Å². The van der Waals surface area contributed by atoms with Crippen LogP contribution in [0.1, 0.15) is 40.0 Å². The molecule has 0 aliphatic rings. The molecule has 0 aromatic heterocycles. The molecule has 1 N–H and O–H groups in total. The third-order valence-corrected chi connectivity index (χ3v) is 1.95. The highest BCUT2D eigenvalue weighted by molar-refractivity contribution is 5.66. The molecule has 2 nitrogen and oxygen atoms in total. The highest BCUT2D eigenvalue weighted by atomic mass is 16.4. The molecule has 0 aliphatic carbocycles. The van der Waals surface area contributed by atoms with Gasteiger partial charge in [-0.25, -0.2) is 0 Å². The fourth-order valence-electron chi connectivity index (χ4n) is 0.928. The molecule has 0 saturated heterocycles. The number of carbonyl (C=O) groups is 1. The zero-order valence-electron chi connectivity index (χ0n) is 8.13. The first-order valence-electron chi connectivity index (χ1n) is 4.43. The second-order valence-electron chi connectivity index (χ2n) is 3.34. The topological polar surface area (TPSA) is 37.3 Å². The molecule has 0 amide bonds. The maximum absolute atomic E-state index is 10.3. The van der Waals surface area contributed by atoms with E-state index in [1.165, 1.54) is 5.57 Å². The second-order valence-corrected chi connectivity index (χ2v) is 3.34. The SMILES string of the molecule is CCC(C)=CCC(C)CC(=O)O. The summed E-state index contributed by atoms with van der Waals surface area (Å²) < 4.78 is 0. The maximum atomic E-state index is 10.3. The van der Waals surface area contributed by atoms with Crippen LogP contribution in [-0.4, -0.2) is 11.1 Å². The van der Waals surface area contributed by atoms with Gasteiger partial charge in [0.25, 0.3) is 0 Å². The second kappa shape index (κ2) is 5.81. The van der Waals surface area contributed by atoms with Gasteiger partial charge in [0.1, 0.15) is 0 Å². The number of hydrogen-bond donors (Lipinski definition) is 1. The van der Waals surface area contributed by atoms with Crippen LogP contribution in [0, 0.1) is 5.92 Å². The van der Waals surface area contributed by atoms with E-state index in [0.717, 1.165) is 12.8 Å². The summed E-state index contributed by atoms with van der Waals surface area (Å²) in [5.41, 5.74) is 1.34. The Kier molecular flexibility index (Phi) is 5.43. The third kappa shape index (κ3) is 5.96. The van der Waals surface area contributed by atoms with Crippen molar-refractivity contribution in [1.82, 2.24) is 0 Å². The molecule has 0 rings (SSSR count). The molecule has 1 unspecified atom stereocenters. The highest BCUT2D eigenvalue weighted by Gasteiger charge is 2.05. The van der Waals surface area contributed by atoms with E-state index in [2.05, 4.69) is 19.9 Å². The summed E-state index contributed by atoms with van der Waals surface area (Å²) in [7, 11) is 0. The zero-order chi connectivity index (χ0) is 9.56. The molecule has 0 spiro atoms. The van der Waals surface area contributed by atoms with Crippen molar-refractivity contribution in [2.75, 3.05) is 0 Å². The number of carboxylic acid groups (broad SMARTS) is 1. The lowest BCUT2D eigenvalue weighted by Gasteiger charge is -2.04. The third-order valence-electron chi connectivity index (χ3n) is 1.95. The number of allylic oxidation sites excluding steroid dienone is 2. The summed E-state index contributed by atoms with van der Waals surface area (Å²) in [5.74, 6) is -0.450. The van der Waals surface area contributed by atoms with Crippen LogP contribution in [0.5, 0.6) is 0 Å². The summed E-state index contributed by atoms with van der Waals surface area (Å²) in [4.78, 5) is 10.3. The minimum Gasteiger partial charge on any atom is -0.481 e. The predicted octanol–water partition coefficient (Wildman–Crippen LogP) is 2.84. The van der Waals surface area contributed by atoms with Crippen LogP contribution < -0.4 is 0 Å². The number of rotatable bonds is 5. The van der Waals surface area contributed by atoms with Crippen molar-refractivity contribution in [1.29, 1.82) is 0 Å². The number of hydrogen-bond acceptors (Lipinski definition) is 1. The molecule has 0 aromatic carbocycles. The first kappa shape index (κ1) is 11.2. The molecule has 0 bridgehead atoms. The van der Waals surface area contributed by atoms with Crippen LogP contribution in [0.25, 0.3) is 0 Å². The fraction of sp³-hybridized carbons (Fsp3) is 0.700. The average Bonchev–Trinajstić information content (AvgIpc) is 1.99. The van der Waals surface area contributed by atoms with Gasteiger partial charge >= 0.3 is 5.97 Å². The Labute approximate surface area is 74.3 Å². The van der Waals surface area contributed by atoms with Crippen molar-refractivity contribution < 1.29 is 9.90 Å². The first-order valence-corrected chi connectivity index (χ1v) is 4.43. The lowest BCUT2D eigenvalue weighted by molar-refractivity contribution is -0.137. The van der Waals surface area contributed by atoms with Gasteiger partial charge in [0.05, 0.1) is 0 Å². The van der Waals surface area contributed by atoms with Crippen LogP contribution in [0.2, 0.25) is 0 Å². The van der Waals surface area contributed by atoms with Gasteiger partial charge in [-0.2, -0.15) is 0 Å². The molecule has 0 radical (unpaired) electrons. The average molecular weight is 170 g/mol. The molecule has 2 heteroatoms. The highest BCUT2D eigenvalue weighted by Crippen LogP contribution is 2.10. The summed E-state index contributed by atoms with van der Waals surface area (Å²) >= 11 is 0. The molecule has 0 aliphatic heterocycles. The molecular weight excluding hydrogens is 152 g/mol. The van der Waals surface area contributed by atoms with E-state index < -0.39 is 5.97 Å². The summed E-state index contributed by atoms with van der Waals surface area (Å²) in [6, 6.07) is 0. The Hall–Kier alpha value is -0.790. The Bertz CT molecular complexity index is 171. The molecule has 0 fully saturated rings. The van der Waals surface area contributed by atoms with Crippen LogP contribution in [0.15, 0.2) is 11.6 Å². The number of carboxylic acids is 1. The lowest BCUT2D eigenvalue weighted by atomic mass is 10.0. The van der Waals surface area contributed by atoms with Crippen molar-refractivity contribution in [3.63, 3.8) is 0 Å². The van der Waals surface area contributed by atoms with Gasteiger partial charge in [-0.3, -0.25) is 4.79 Å². The van der Waals surface area contributed by atoms with Crippen LogP contribution in [-0.2, 0) is 4.79 Å². The Morgan fingerprint density at radius 1 is 1.58 bits per heavy atom. The molecule has 70 valence electrons. The van der Waals surface area contributed by atoms with Crippen molar-refractivity contribution in [3.8, 4) is 0 Å². The van der Waals surface area contributed by atoms with Gasteiger partial charge in [-0.15, -0.1) is 0 Å². The molecule has 12 heavy (non-hydrogen) atoms. The Morgan fingerprint density at radius 2 is 2.17 bits per heavy atom. The first-order chi connectivity index (χ1) is 5.56. The molecule has 0 aromatic rings. The van der Waals surface area contributed by atoms with E-state index in [1.54, 1.807) is 0 Å². The predicted molar refractivity (Wildman–Crippen MR) is 50.1 cm³/mol. The maximum Gasteiger partial charge on any atom is 0.303 e. The summed E-state index contributed by atoms with van der Waals surface area (Å²) in [6.07, 6.45) is 4.34. The zero-order valence-corrected chi connectivity index (χ0v) is 8.13. The number of aliphatic carboxylic acids is 1. The fourth-order valence-corrected chi connectivity index (χ4v) is 0.928. The molecule has 0 saturated carbocycles. The lowest BCUT2D eigenvalue weighted by Crippen LogP contribution is -2.02. The standard InChI is InChI=1S/C10H18O2/c1-4-8(2)5-6-9(3)7-10(11)12/h5,9H,4,6-7H2,1-3H3,(H,11,12). The van der Waals surface area contributed by atoms with E-state index in [1.807, 2.05) is 6.92 Å². The van der Waals surface area contributed by atoms with Crippen molar-refractivity contribution in [2.24, 2.45) is 5.92 Å². The summed E-state index contributed by atoms with van der Waals surface area (Å²) in [6.45, 7) is 6.15.